The molecule has 1 fully saturated rings. The molecule has 0 heterocycles. The third kappa shape index (κ3) is 1.95. The lowest BCUT2D eigenvalue weighted by atomic mass is 9.79. The SMILES string of the molecule is CC1C2C=CC(C2)C1Cc1ccc2ccccc2c1C=O. The third-order valence-corrected chi connectivity index (χ3v) is 5.68. The van der Waals surface area contributed by atoms with Gasteiger partial charge >= 0.3 is 0 Å². The van der Waals surface area contributed by atoms with Gasteiger partial charge in [0.05, 0.1) is 0 Å². The van der Waals surface area contributed by atoms with Gasteiger partial charge in [0.2, 0.25) is 0 Å². The molecule has 1 saturated carbocycles. The van der Waals surface area contributed by atoms with Gasteiger partial charge in [-0.15, -0.1) is 0 Å². The maximum absolute atomic E-state index is 11.6. The largest absolute Gasteiger partial charge is 0.298 e. The first kappa shape index (κ1) is 12.8. The lowest BCUT2D eigenvalue weighted by Crippen LogP contribution is -2.19. The Balaban J connectivity index is 1.74. The maximum Gasteiger partial charge on any atom is 0.150 e. The van der Waals surface area contributed by atoms with Crippen molar-refractivity contribution >= 4 is 17.1 Å². The van der Waals surface area contributed by atoms with Crippen LogP contribution in [-0.2, 0) is 6.42 Å². The monoisotopic (exact) mass is 276 g/mol. The summed E-state index contributed by atoms with van der Waals surface area (Å²) in [5.41, 5.74) is 2.12. The first-order valence-electron chi connectivity index (χ1n) is 7.92. The van der Waals surface area contributed by atoms with E-state index in [1.165, 1.54) is 12.0 Å². The van der Waals surface area contributed by atoms with Crippen LogP contribution in [0.2, 0.25) is 0 Å². The van der Waals surface area contributed by atoms with Crippen molar-refractivity contribution in [3.8, 4) is 0 Å². The summed E-state index contributed by atoms with van der Waals surface area (Å²) in [5.74, 6) is 2.92. The van der Waals surface area contributed by atoms with Crippen molar-refractivity contribution in [2.45, 2.75) is 19.8 Å². The van der Waals surface area contributed by atoms with E-state index >= 15 is 0 Å². The molecule has 2 bridgehead atoms. The number of hydrogen-bond acceptors (Lipinski definition) is 1. The van der Waals surface area contributed by atoms with Crippen LogP contribution in [0.5, 0.6) is 0 Å². The first-order chi connectivity index (χ1) is 10.3. The molecule has 2 aromatic carbocycles. The van der Waals surface area contributed by atoms with Crippen LogP contribution in [0.1, 0.15) is 29.3 Å². The second kappa shape index (κ2) is 4.84. The van der Waals surface area contributed by atoms with Crippen molar-refractivity contribution < 1.29 is 4.79 Å². The van der Waals surface area contributed by atoms with Gasteiger partial charge in [-0.25, -0.2) is 0 Å². The molecule has 4 rings (SSSR count). The summed E-state index contributed by atoms with van der Waals surface area (Å²) < 4.78 is 0. The average molecular weight is 276 g/mol. The van der Waals surface area contributed by atoms with Gasteiger partial charge < -0.3 is 0 Å². The molecule has 0 N–H and O–H groups in total. The summed E-state index contributed by atoms with van der Waals surface area (Å²) in [6.07, 6.45) is 8.19. The molecular weight excluding hydrogens is 256 g/mol. The molecule has 0 aliphatic heterocycles. The molecule has 21 heavy (non-hydrogen) atoms. The third-order valence-electron chi connectivity index (χ3n) is 5.68. The highest BCUT2D eigenvalue weighted by Crippen LogP contribution is 2.49. The van der Waals surface area contributed by atoms with E-state index < -0.39 is 0 Å². The van der Waals surface area contributed by atoms with Gasteiger partial charge in [0.15, 0.2) is 6.29 Å². The molecule has 0 radical (unpaired) electrons. The van der Waals surface area contributed by atoms with Crippen LogP contribution in [0.3, 0.4) is 0 Å². The van der Waals surface area contributed by atoms with Crippen LogP contribution in [0.25, 0.3) is 10.8 Å². The number of aldehydes is 1. The van der Waals surface area contributed by atoms with Crippen LogP contribution < -0.4 is 0 Å². The van der Waals surface area contributed by atoms with Crippen molar-refractivity contribution in [3.05, 3.63) is 59.7 Å². The van der Waals surface area contributed by atoms with Gasteiger partial charge in [0, 0.05) is 5.56 Å². The minimum atomic E-state index is 0.694. The van der Waals surface area contributed by atoms with Crippen LogP contribution in [-0.4, -0.2) is 6.29 Å². The fourth-order valence-corrected chi connectivity index (χ4v) is 4.42. The normalized spacial score (nSPS) is 30.1. The molecule has 1 nitrogen and oxygen atoms in total. The molecule has 2 aromatic rings. The van der Waals surface area contributed by atoms with Crippen LogP contribution in [0, 0.1) is 23.7 Å². The van der Waals surface area contributed by atoms with E-state index in [0.29, 0.717) is 5.92 Å². The lowest BCUT2D eigenvalue weighted by Gasteiger charge is -2.25. The molecule has 0 saturated heterocycles. The first-order valence-corrected chi connectivity index (χ1v) is 7.92. The van der Waals surface area contributed by atoms with E-state index in [1.54, 1.807) is 0 Å². The molecule has 1 heteroatoms. The van der Waals surface area contributed by atoms with Gasteiger partial charge in [-0.05, 0) is 52.8 Å². The number of hydrogen-bond donors (Lipinski definition) is 0. The molecule has 2 aliphatic carbocycles. The van der Waals surface area contributed by atoms with Gasteiger partial charge in [0.1, 0.15) is 0 Å². The topological polar surface area (TPSA) is 17.1 Å². The highest BCUT2D eigenvalue weighted by atomic mass is 16.1. The van der Waals surface area contributed by atoms with Gasteiger partial charge in [-0.3, -0.25) is 4.79 Å². The van der Waals surface area contributed by atoms with Crippen molar-refractivity contribution in [1.82, 2.24) is 0 Å². The van der Waals surface area contributed by atoms with Gasteiger partial charge in [-0.2, -0.15) is 0 Å². The zero-order chi connectivity index (χ0) is 14.4. The smallest absolute Gasteiger partial charge is 0.150 e. The number of benzene rings is 2. The Morgan fingerprint density at radius 1 is 1.10 bits per heavy atom. The zero-order valence-electron chi connectivity index (χ0n) is 12.3. The van der Waals surface area contributed by atoms with Crippen molar-refractivity contribution in [3.63, 3.8) is 0 Å². The Labute approximate surface area is 125 Å². The van der Waals surface area contributed by atoms with E-state index in [9.17, 15) is 4.79 Å². The predicted molar refractivity (Wildman–Crippen MR) is 86.4 cm³/mol. The predicted octanol–water partition coefficient (Wildman–Crippen LogP) is 4.65. The van der Waals surface area contributed by atoms with Gasteiger partial charge in [0.25, 0.3) is 0 Å². The highest BCUT2D eigenvalue weighted by Gasteiger charge is 2.41. The second-order valence-corrected chi connectivity index (χ2v) is 6.65. The highest BCUT2D eigenvalue weighted by molar-refractivity contribution is 5.99. The lowest BCUT2D eigenvalue weighted by molar-refractivity contribution is 0.112. The summed E-state index contributed by atoms with van der Waals surface area (Å²) in [6.45, 7) is 2.38. The number of rotatable bonds is 3. The summed E-state index contributed by atoms with van der Waals surface area (Å²) in [7, 11) is 0. The van der Waals surface area contributed by atoms with Crippen LogP contribution in [0.15, 0.2) is 48.6 Å². The zero-order valence-corrected chi connectivity index (χ0v) is 12.3. The summed E-state index contributed by atoms with van der Waals surface area (Å²) in [4.78, 5) is 11.6. The summed E-state index contributed by atoms with van der Waals surface area (Å²) >= 11 is 0. The quantitative estimate of drug-likeness (QED) is 0.589. The Morgan fingerprint density at radius 2 is 1.90 bits per heavy atom. The van der Waals surface area contributed by atoms with E-state index in [-0.39, 0.29) is 0 Å². The van der Waals surface area contributed by atoms with Crippen molar-refractivity contribution in [1.29, 1.82) is 0 Å². The minimum absolute atomic E-state index is 0.694. The Morgan fingerprint density at radius 3 is 2.67 bits per heavy atom. The van der Waals surface area contributed by atoms with E-state index in [4.69, 9.17) is 0 Å². The minimum Gasteiger partial charge on any atom is -0.298 e. The number of fused-ring (bicyclic) bond motifs is 3. The van der Waals surface area contributed by atoms with Crippen LogP contribution in [0.4, 0.5) is 0 Å². The van der Waals surface area contributed by atoms with Crippen molar-refractivity contribution in [2.75, 3.05) is 0 Å². The Hall–Kier alpha value is -1.89. The second-order valence-electron chi connectivity index (χ2n) is 6.65. The summed E-state index contributed by atoms with van der Waals surface area (Å²) in [6, 6.07) is 12.5. The van der Waals surface area contributed by atoms with Crippen LogP contribution >= 0.6 is 0 Å². The van der Waals surface area contributed by atoms with Gasteiger partial charge in [-0.1, -0.05) is 55.5 Å². The molecule has 0 aromatic heterocycles. The van der Waals surface area contributed by atoms with E-state index in [0.717, 1.165) is 46.8 Å². The molecular formula is C20H20O. The standard InChI is InChI=1S/C20H20O/c1-13-15-7-9-16(10-15)19(13)11-17-8-6-14-4-2-3-5-18(14)20(17)12-21/h2-9,12-13,15-16,19H,10-11H2,1H3. The number of allylic oxidation sites excluding steroid dienone is 2. The molecule has 106 valence electrons. The molecule has 4 unspecified atom stereocenters. The fourth-order valence-electron chi connectivity index (χ4n) is 4.42. The molecule has 4 atom stereocenters. The number of carbonyl (C=O) groups excluding carboxylic acids is 1. The summed E-state index contributed by atoms with van der Waals surface area (Å²) in [5, 5.41) is 2.25. The molecule has 0 amide bonds. The van der Waals surface area contributed by atoms with Crippen molar-refractivity contribution in [2.24, 2.45) is 23.7 Å². The number of carbonyl (C=O) groups is 1. The molecule has 2 aliphatic rings. The average Bonchev–Trinajstić information content (AvgIpc) is 3.10. The fraction of sp³-hybridized carbons (Fsp3) is 0.350. The Kier molecular flexibility index (Phi) is 2.95. The van der Waals surface area contributed by atoms with E-state index in [1.807, 2.05) is 12.1 Å². The molecule has 0 spiro atoms. The maximum atomic E-state index is 11.6. The van der Waals surface area contributed by atoms with E-state index in [2.05, 4.69) is 43.3 Å². The Bertz CT molecular complexity index is 728.